The Hall–Kier alpha value is -2.86. The maximum atomic E-state index is 10.9. The van der Waals surface area contributed by atoms with Crippen molar-refractivity contribution in [2.24, 2.45) is 0 Å². The zero-order valence-electron chi connectivity index (χ0n) is 19.3. The summed E-state index contributed by atoms with van der Waals surface area (Å²) in [5.41, 5.74) is 3.31. The van der Waals surface area contributed by atoms with Crippen molar-refractivity contribution in [3.63, 3.8) is 0 Å². The summed E-state index contributed by atoms with van der Waals surface area (Å²) in [5, 5.41) is 9.75. The highest BCUT2D eigenvalue weighted by molar-refractivity contribution is 6.30. The van der Waals surface area contributed by atoms with Gasteiger partial charge in [-0.2, -0.15) is 0 Å². The monoisotopic (exact) mass is 478 g/mol. The fraction of sp³-hybridized carbons (Fsp3) is 0.321. The van der Waals surface area contributed by atoms with Crippen LogP contribution in [-0.4, -0.2) is 60.2 Å². The Morgan fingerprint density at radius 3 is 2.44 bits per heavy atom. The van der Waals surface area contributed by atoms with Crippen LogP contribution in [0.5, 0.6) is 5.75 Å². The van der Waals surface area contributed by atoms with Crippen LogP contribution < -0.4 is 4.74 Å². The minimum absolute atomic E-state index is 0.00929. The van der Waals surface area contributed by atoms with Crippen molar-refractivity contribution in [1.82, 2.24) is 9.80 Å². The van der Waals surface area contributed by atoms with Gasteiger partial charge in [0.1, 0.15) is 12.4 Å². The summed E-state index contributed by atoms with van der Waals surface area (Å²) in [6.07, 6.45) is 1.10. The second kappa shape index (κ2) is 12.0. The third kappa shape index (κ3) is 6.83. The molecule has 1 fully saturated rings. The SMILES string of the molecule is O=C(O)Cc1cccc(OCCN2CCCN(C(c3ccccc3)c3ccc(Cl)cc3)CC2)c1. The van der Waals surface area contributed by atoms with Crippen LogP contribution in [0.4, 0.5) is 0 Å². The summed E-state index contributed by atoms with van der Waals surface area (Å²) >= 11 is 6.16. The van der Waals surface area contributed by atoms with Gasteiger partial charge in [-0.3, -0.25) is 14.6 Å². The van der Waals surface area contributed by atoms with E-state index in [9.17, 15) is 4.79 Å². The number of rotatable bonds is 9. The lowest BCUT2D eigenvalue weighted by Gasteiger charge is -2.31. The largest absolute Gasteiger partial charge is 0.492 e. The van der Waals surface area contributed by atoms with E-state index in [1.165, 1.54) is 11.1 Å². The molecule has 4 rings (SSSR count). The summed E-state index contributed by atoms with van der Waals surface area (Å²) in [5.74, 6) is -0.110. The number of carboxylic acids is 1. The van der Waals surface area contributed by atoms with Crippen LogP contribution in [0.3, 0.4) is 0 Å². The first kappa shape index (κ1) is 24.3. The molecule has 0 aromatic heterocycles. The summed E-state index contributed by atoms with van der Waals surface area (Å²) in [6, 6.07) is 26.4. The first-order chi connectivity index (χ1) is 16.6. The molecule has 3 aromatic rings. The van der Waals surface area contributed by atoms with Crippen molar-refractivity contribution in [3.8, 4) is 5.75 Å². The van der Waals surface area contributed by atoms with Crippen molar-refractivity contribution in [2.45, 2.75) is 18.9 Å². The van der Waals surface area contributed by atoms with Gasteiger partial charge in [0.05, 0.1) is 12.5 Å². The predicted molar refractivity (Wildman–Crippen MR) is 136 cm³/mol. The molecule has 0 radical (unpaired) electrons. The van der Waals surface area contributed by atoms with E-state index in [0.29, 0.717) is 6.61 Å². The average Bonchev–Trinajstić information content (AvgIpc) is 3.07. The molecular formula is C28H31ClN2O3. The number of ether oxygens (including phenoxy) is 1. The molecule has 1 unspecified atom stereocenters. The Labute approximate surface area is 206 Å². The van der Waals surface area contributed by atoms with E-state index < -0.39 is 5.97 Å². The summed E-state index contributed by atoms with van der Waals surface area (Å²) in [4.78, 5) is 16.0. The number of carboxylic acid groups (broad SMARTS) is 1. The number of benzene rings is 3. The van der Waals surface area contributed by atoms with Crippen LogP contribution in [-0.2, 0) is 11.2 Å². The van der Waals surface area contributed by atoms with Crippen LogP contribution in [0.15, 0.2) is 78.9 Å². The Bertz CT molecular complexity index is 1060. The molecule has 34 heavy (non-hydrogen) atoms. The second-order valence-electron chi connectivity index (χ2n) is 8.66. The fourth-order valence-electron chi connectivity index (χ4n) is 4.58. The Balaban J connectivity index is 1.36. The third-order valence-corrected chi connectivity index (χ3v) is 6.47. The number of hydrogen-bond donors (Lipinski definition) is 1. The molecule has 5 nitrogen and oxygen atoms in total. The molecule has 0 spiro atoms. The molecule has 1 aliphatic heterocycles. The number of halogens is 1. The zero-order chi connectivity index (χ0) is 23.8. The minimum Gasteiger partial charge on any atom is -0.492 e. The molecule has 1 N–H and O–H groups in total. The molecule has 0 saturated carbocycles. The van der Waals surface area contributed by atoms with Gasteiger partial charge in [-0.1, -0.05) is 66.2 Å². The van der Waals surface area contributed by atoms with Gasteiger partial charge in [0.25, 0.3) is 0 Å². The predicted octanol–water partition coefficient (Wildman–Crippen LogP) is 5.14. The molecule has 1 aliphatic rings. The number of aliphatic carboxylic acids is 1. The highest BCUT2D eigenvalue weighted by Gasteiger charge is 2.25. The second-order valence-corrected chi connectivity index (χ2v) is 9.10. The van der Waals surface area contributed by atoms with Crippen molar-refractivity contribution in [2.75, 3.05) is 39.3 Å². The van der Waals surface area contributed by atoms with E-state index in [-0.39, 0.29) is 12.5 Å². The maximum absolute atomic E-state index is 10.9. The van der Waals surface area contributed by atoms with Gasteiger partial charge in [0.2, 0.25) is 0 Å². The Morgan fingerprint density at radius 2 is 1.68 bits per heavy atom. The van der Waals surface area contributed by atoms with Gasteiger partial charge in [0, 0.05) is 31.2 Å². The number of hydrogen-bond acceptors (Lipinski definition) is 4. The zero-order valence-corrected chi connectivity index (χ0v) is 20.0. The van der Waals surface area contributed by atoms with Crippen LogP contribution in [0.2, 0.25) is 5.02 Å². The van der Waals surface area contributed by atoms with E-state index in [1.54, 1.807) is 0 Å². The molecule has 178 valence electrons. The number of carbonyl (C=O) groups is 1. The first-order valence-corrected chi connectivity index (χ1v) is 12.2. The van der Waals surface area contributed by atoms with E-state index in [2.05, 4.69) is 52.3 Å². The smallest absolute Gasteiger partial charge is 0.307 e. The molecule has 3 aromatic carbocycles. The molecular weight excluding hydrogens is 448 g/mol. The molecule has 0 aliphatic carbocycles. The number of nitrogens with zero attached hydrogens (tertiary/aromatic N) is 2. The lowest BCUT2D eigenvalue weighted by Crippen LogP contribution is -2.35. The summed E-state index contributed by atoms with van der Waals surface area (Å²) < 4.78 is 5.94. The van der Waals surface area contributed by atoms with Crippen molar-refractivity contribution in [1.29, 1.82) is 0 Å². The van der Waals surface area contributed by atoms with Gasteiger partial charge in [-0.15, -0.1) is 0 Å². The van der Waals surface area contributed by atoms with Crippen molar-refractivity contribution in [3.05, 3.63) is 101 Å². The third-order valence-electron chi connectivity index (χ3n) is 6.22. The fourth-order valence-corrected chi connectivity index (χ4v) is 4.71. The normalized spacial score (nSPS) is 16.0. The topological polar surface area (TPSA) is 53.0 Å². The summed E-state index contributed by atoms with van der Waals surface area (Å²) in [7, 11) is 0. The lowest BCUT2D eigenvalue weighted by molar-refractivity contribution is -0.136. The van der Waals surface area contributed by atoms with Crippen LogP contribution in [0, 0.1) is 0 Å². The van der Waals surface area contributed by atoms with E-state index in [1.807, 2.05) is 36.4 Å². The highest BCUT2D eigenvalue weighted by atomic mass is 35.5. The van der Waals surface area contributed by atoms with E-state index >= 15 is 0 Å². The molecule has 1 atom stereocenters. The standard InChI is InChI=1S/C28H31ClN2O3/c29-25-12-10-24(11-13-25)28(23-7-2-1-3-8-23)31-15-5-14-30(16-17-31)18-19-34-26-9-4-6-22(20-26)21-27(32)33/h1-4,6-13,20,28H,5,14-19,21H2,(H,32,33). The molecule has 0 bridgehead atoms. The Morgan fingerprint density at radius 1 is 0.912 bits per heavy atom. The molecule has 6 heteroatoms. The first-order valence-electron chi connectivity index (χ1n) is 11.8. The maximum Gasteiger partial charge on any atom is 0.307 e. The van der Waals surface area contributed by atoms with Gasteiger partial charge >= 0.3 is 5.97 Å². The van der Waals surface area contributed by atoms with Gasteiger partial charge in [-0.25, -0.2) is 0 Å². The minimum atomic E-state index is -0.835. The Kier molecular flexibility index (Phi) is 8.58. The average molecular weight is 479 g/mol. The van der Waals surface area contributed by atoms with Crippen LogP contribution >= 0.6 is 11.6 Å². The van der Waals surface area contributed by atoms with Crippen LogP contribution in [0.1, 0.15) is 29.2 Å². The summed E-state index contributed by atoms with van der Waals surface area (Å²) in [6.45, 7) is 5.41. The molecule has 1 heterocycles. The molecule has 0 amide bonds. The van der Waals surface area contributed by atoms with Crippen LogP contribution in [0.25, 0.3) is 0 Å². The molecule has 1 saturated heterocycles. The van der Waals surface area contributed by atoms with E-state index in [0.717, 1.165) is 55.5 Å². The van der Waals surface area contributed by atoms with Gasteiger partial charge in [-0.05, 0) is 53.9 Å². The van der Waals surface area contributed by atoms with Crippen molar-refractivity contribution < 1.29 is 14.6 Å². The lowest BCUT2D eigenvalue weighted by atomic mass is 9.97. The van der Waals surface area contributed by atoms with E-state index in [4.69, 9.17) is 21.4 Å². The van der Waals surface area contributed by atoms with Crippen molar-refractivity contribution >= 4 is 17.6 Å². The van der Waals surface area contributed by atoms with Gasteiger partial charge in [0.15, 0.2) is 0 Å². The quantitative estimate of drug-likeness (QED) is 0.461. The highest BCUT2D eigenvalue weighted by Crippen LogP contribution is 2.30. The van der Waals surface area contributed by atoms with Gasteiger partial charge < -0.3 is 9.84 Å².